The van der Waals surface area contributed by atoms with Crippen molar-refractivity contribution in [3.63, 3.8) is 0 Å². The molecule has 0 aliphatic carbocycles. The lowest BCUT2D eigenvalue weighted by molar-refractivity contribution is 0.102. The Morgan fingerprint density at radius 3 is 2.61 bits per heavy atom. The molecule has 1 aromatic heterocycles. The molecule has 0 aliphatic heterocycles. The standard InChI is InChI=1S/C19H18Cl2N4O3/c1-11-18(19(27)22-16-8-13(10-26)4-6-17(16)28-2)23-24-25(11)9-12-3-5-14(20)15(21)7-12/h3-8,26H,9-10H2,1-2H3,(H,22,27). The van der Waals surface area contributed by atoms with E-state index in [-0.39, 0.29) is 12.3 Å². The highest BCUT2D eigenvalue weighted by molar-refractivity contribution is 6.42. The molecule has 0 saturated carbocycles. The maximum absolute atomic E-state index is 12.7. The summed E-state index contributed by atoms with van der Waals surface area (Å²) in [4.78, 5) is 12.7. The number of aromatic nitrogens is 3. The molecule has 1 heterocycles. The molecule has 0 bridgehead atoms. The predicted molar refractivity (Wildman–Crippen MR) is 107 cm³/mol. The monoisotopic (exact) mass is 420 g/mol. The molecule has 1 amide bonds. The van der Waals surface area contributed by atoms with Gasteiger partial charge in [0.05, 0.1) is 41.7 Å². The van der Waals surface area contributed by atoms with Crippen LogP contribution in [0.15, 0.2) is 36.4 Å². The van der Waals surface area contributed by atoms with Gasteiger partial charge in [0.15, 0.2) is 5.69 Å². The summed E-state index contributed by atoms with van der Waals surface area (Å²) in [6, 6.07) is 10.3. The molecule has 0 radical (unpaired) electrons. The number of hydrogen-bond acceptors (Lipinski definition) is 5. The third kappa shape index (κ3) is 4.27. The average molecular weight is 421 g/mol. The van der Waals surface area contributed by atoms with Gasteiger partial charge in [-0.05, 0) is 42.3 Å². The van der Waals surface area contributed by atoms with Crippen molar-refractivity contribution in [1.82, 2.24) is 15.0 Å². The number of carbonyl (C=O) groups is 1. The number of nitrogens with one attached hydrogen (secondary N) is 1. The molecule has 2 aromatic carbocycles. The Morgan fingerprint density at radius 1 is 1.18 bits per heavy atom. The van der Waals surface area contributed by atoms with Crippen molar-refractivity contribution in [1.29, 1.82) is 0 Å². The van der Waals surface area contributed by atoms with E-state index in [9.17, 15) is 9.90 Å². The summed E-state index contributed by atoms with van der Waals surface area (Å²) in [5, 5.41) is 21.0. The zero-order chi connectivity index (χ0) is 20.3. The first-order valence-electron chi connectivity index (χ1n) is 8.36. The molecule has 3 aromatic rings. The molecule has 0 aliphatic rings. The number of ether oxygens (including phenoxy) is 1. The van der Waals surface area contributed by atoms with Crippen LogP contribution >= 0.6 is 23.2 Å². The van der Waals surface area contributed by atoms with Crippen molar-refractivity contribution in [2.24, 2.45) is 0 Å². The van der Waals surface area contributed by atoms with E-state index in [1.54, 1.807) is 41.9 Å². The number of aliphatic hydroxyl groups excluding tert-OH is 1. The summed E-state index contributed by atoms with van der Waals surface area (Å²) >= 11 is 12.0. The van der Waals surface area contributed by atoms with Crippen molar-refractivity contribution in [2.45, 2.75) is 20.1 Å². The van der Waals surface area contributed by atoms with E-state index in [0.717, 1.165) is 5.56 Å². The van der Waals surface area contributed by atoms with Gasteiger partial charge in [0.2, 0.25) is 0 Å². The Bertz CT molecular complexity index is 1020. The first-order chi connectivity index (χ1) is 13.4. The summed E-state index contributed by atoms with van der Waals surface area (Å²) in [7, 11) is 1.50. The van der Waals surface area contributed by atoms with Gasteiger partial charge in [0.1, 0.15) is 5.75 Å². The van der Waals surface area contributed by atoms with Crippen molar-refractivity contribution < 1.29 is 14.6 Å². The summed E-state index contributed by atoms with van der Waals surface area (Å²) < 4.78 is 6.86. The van der Waals surface area contributed by atoms with E-state index in [4.69, 9.17) is 27.9 Å². The molecule has 7 nitrogen and oxygen atoms in total. The van der Waals surface area contributed by atoms with Gasteiger partial charge in [0, 0.05) is 0 Å². The van der Waals surface area contributed by atoms with Crippen molar-refractivity contribution in [2.75, 3.05) is 12.4 Å². The quantitative estimate of drug-likeness (QED) is 0.634. The number of nitrogens with zero attached hydrogens (tertiary/aromatic N) is 3. The Morgan fingerprint density at radius 2 is 1.93 bits per heavy atom. The third-order valence-corrected chi connectivity index (χ3v) is 4.95. The lowest BCUT2D eigenvalue weighted by Crippen LogP contribution is -2.15. The second-order valence-corrected chi connectivity index (χ2v) is 6.89. The van der Waals surface area contributed by atoms with Crippen molar-refractivity contribution in [3.8, 4) is 5.75 Å². The van der Waals surface area contributed by atoms with Crippen LogP contribution in [0.5, 0.6) is 5.75 Å². The molecule has 3 rings (SSSR count). The van der Waals surface area contributed by atoms with Gasteiger partial charge in [-0.25, -0.2) is 4.68 Å². The smallest absolute Gasteiger partial charge is 0.278 e. The molecule has 2 N–H and O–H groups in total. The normalized spacial score (nSPS) is 10.8. The second kappa shape index (κ2) is 8.60. The number of halogens is 2. The zero-order valence-electron chi connectivity index (χ0n) is 15.2. The van der Waals surface area contributed by atoms with Crippen LogP contribution in [0.2, 0.25) is 10.0 Å². The largest absolute Gasteiger partial charge is 0.495 e. The molecular weight excluding hydrogens is 403 g/mol. The Balaban J connectivity index is 1.81. The summed E-state index contributed by atoms with van der Waals surface area (Å²) in [6.07, 6.45) is 0. The number of aliphatic hydroxyl groups is 1. The van der Waals surface area contributed by atoms with Gasteiger partial charge < -0.3 is 15.2 Å². The SMILES string of the molecule is COc1ccc(CO)cc1NC(=O)c1nnn(Cc2ccc(Cl)c(Cl)c2)c1C. The van der Waals surface area contributed by atoms with Gasteiger partial charge in [-0.3, -0.25) is 4.79 Å². The number of anilines is 1. The first-order valence-corrected chi connectivity index (χ1v) is 9.11. The predicted octanol–water partition coefficient (Wildman–Crippen LogP) is 3.69. The Hall–Kier alpha value is -2.61. The maximum atomic E-state index is 12.7. The van der Waals surface area contributed by atoms with Crippen molar-refractivity contribution in [3.05, 3.63) is 69.0 Å². The van der Waals surface area contributed by atoms with E-state index in [2.05, 4.69) is 15.6 Å². The molecular formula is C19H18Cl2N4O3. The summed E-state index contributed by atoms with van der Waals surface area (Å²) in [6.45, 7) is 2.01. The first kappa shape index (κ1) is 20.1. The lowest BCUT2D eigenvalue weighted by atomic mass is 10.2. The van der Waals surface area contributed by atoms with Gasteiger partial charge in [-0.15, -0.1) is 5.10 Å². The molecule has 0 spiro atoms. The molecule has 0 atom stereocenters. The van der Waals surface area contributed by atoms with E-state index in [0.29, 0.717) is 39.3 Å². The van der Waals surface area contributed by atoms with E-state index >= 15 is 0 Å². The molecule has 9 heteroatoms. The lowest BCUT2D eigenvalue weighted by Gasteiger charge is -2.11. The van der Waals surface area contributed by atoms with Gasteiger partial charge in [0.25, 0.3) is 5.91 Å². The van der Waals surface area contributed by atoms with Crippen LogP contribution in [0.25, 0.3) is 0 Å². The number of benzene rings is 2. The average Bonchev–Trinajstić information content (AvgIpc) is 3.05. The van der Waals surface area contributed by atoms with Crippen LogP contribution in [-0.2, 0) is 13.2 Å². The topological polar surface area (TPSA) is 89.3 Å². The van der Waals surface area contributed by atoms with Crippen LogP contribution < -0.4 is 10.1 Å². The van der Waals surface area contributed by atoms with E-state index in [1.807, 2.05) is 6.07 Å². The molecule has 146 valence electrons. The van der Waals surface area contributed by atoms with Crippen LogP contribution in [0.1, 0.15) is 27.3 Å². The van der Waals surface area contributed by atoms with Crippen LogP contribution in [0.4, 0.5) is 5.69 Å². The minimum atomic E-state index is -0.425. The van der Waals surface area contributed by atoms with Gasteiger partial charge in [-0.2, -0.15) is 0 Å². The highest BCUT2D eigenvalue weighted by Crippen LogP contribution is 2.26. The van der Waals surface area contributed by atoms with Crippen LogP contribution in [-0.4, -0.2) is 33.1 Å². The molecule has 0 saturated heterocycles. The third-order valence-electron chi connectivity index (χ3n) is 4.21. The zero-order valence-corrected chi connectivity index (χ0v) is 16.8. The Labute approximate surface area is 171 Å². The summed E-state index contributed by atoms with van der Waals surface area (Å²) in [5.74, 6) is 0.0534. The Kier molecular flexibility index (Phi) is 6.18. The fourth-order valence-electron chi connectivity index (χ4n) is 2.66. The van der Waals surface area contributed by atoms with E-state index in [1.165, 1.54) is 7.11 Å². The fourth-order valence-corrected chi connectivity index (χ4v) is 2.98. The highest BCUT2D eigenvalue weighted by atomic mass is 35.5. The number of methoxy groups -OCH3 is 1. The molecule has 0 fully saturated rings. The second-order valence-electron chi connectivity index (χ2n) is 6.08. The van der Waals surface area contributed by atoms with Gasteiger partial charge >= 0.3 is 0 Å². The van der Waals surface area contributed by atoms with Crippen molar-refractivity contribution >= 4 is 34.8 Å². The minimum absolute atomic E-state index is 0.147. The summed E-state index contributed by atoms with van der Waals surface area (Å²) in [5.41, 5.74) is 2.76. The minimum Gasteiger partial charge on any atom is -0.495 e. The fraction of sp³-hybridized carbons (Fsp3) is 0.211. The van der Waals surface area contributed by atoms with Crippen LogP contribution in [0.3, 0.4) is 0 Å². The van der Waals surface area contributed by atoms with Gasteiger partial charge in [-0.1, -0.05) is 40.5 Å². The van der Waals surface area contributed by atoms with Crippen LogP contribution in [0, 0.1) is 6.92 Å². The molecule has 0 unspecified atom stereocenters. The van der Waals surface area contributed by atoms with E-state index < -0.39 is 5.91 Å². The maximum Gasteiger partial charge on any atom is 0.278 e. The number of rotatable bonds is 6. The molecule has 28 heavy (non-hydrogen) atoms. The number of hydrogen-bond donors (Lipinski definition) is 2. The number of carbonyl (C=O) groups excluding carboxylic acids is 1. The highest BCUT2D eigenvalue weighted by Gasteiger charge is 2.18. The number of amides is 1.